The molecule has 17 heavy (non-hydrogen) atoms. The Bertz CT molecular complexity index is 525. The van der Waals surface area contributed by atoms with Crippen LogP contribution in [0, 0.1) is 12.8 Å². The van der Waals surface area contributed by atoms with Gasteiger partial charge < -0.3 is 9.73 Å². The molecule has 1 heterocycles. The molecule has 0 saturated heterocycles. The molecule has 90 valence electrons. The van der Waals surface area contributed by atoms with Gasteiger partial charge in [-0.15, -0.1) is 0 Å². The number of nitrogens with one attached hydrogen (secondary N) is 1. The van der Waals surface area contributed by atoms with Crippen LogP contribution in [0.1, 0.15) is 37.1 Å². The van der Waals surface area contributed by atoms with Crippen molar-refractivity contribution in [2.24, 2.45) is 5.92 Å². The van der Waals surface area contributed by atoms with Crippen molar-refractivity contribution < 1.29 is 4.42 Å². The van der Waals surface area contributed by atoms with Crippen molar-refractivity contribution >= 4 is 11.0 Å². The first-order valence-corrected chi connectivity index (χ1v) is 6.51. The highest BCUT2D eigenvalue weighted by Crippen LogP contribution is 2.42. The van der Waals surface area contributed by atoms with Crippen molar-refractivity contribution in [2.45, 2.75) is 32.7 Å². The van der Waals surface area contributed by atoms with Crippen molar-refractivity contribution in [2.75, 3.05) is 6.54 Å². The summed E-state index contributed by atoms with van der Waals surface area (Å²) in [6, 6.07) is 8.98. The first-order chi connectivity index (χ1) is 8.28. The average Bonchev–Trinajstić information content (AvgIpc) is 3.05. The second-order valence-electron chi connectivity index (χ2n) is 5.06. The molecule has 1 fully saturated rings. The molecule has 1 N–H and O–H groups in total. The number of benzene rings is 1. The molecular formula is C15H19NO. The summed E-state index contributed by atoms with van der Waals surface area (Å²) in [7, 11) is 0. The van der Waals surface area contributed by atoms with Gasteiger partial charge in [0.15, 0.2) is 0 Å². The minimum atomic E-state index is 0.410. The summed E-state index contributed by atoms with van der Waals surface area (Å²) in [5.41, 5.74) is 2.30. The Balaban J connectivity index is 1.98. The van der Waals surface area contributed by atoms with Gasteiger partial charge in [-0.1, -0.05) is 18.6 Å². The van der Waals surface area contributed by atoms with Crippen molar-refractivity contribution in [3.8, 4) is 0 Å². The van der Waals surface area contributed by atoms with Crippen LogP contribution in [-0.4, -0.2) is 6.54 Å². The monoisotopic (exact) mass is 229 g/mol. The van der Waals surface area contributed by atoms with Gasteiger partial charge in [0.2, 0.25) is 0 Å². The lowest BCUT2D eigenvalue weighted by molar-refractivity contribution is 0.403. The normalized spacial score (nSPS) is 17.5. The van der Waals surface area contributed by atoms with Crippen LogP contribution in [0.25, 0.3) is 11.0 Å². The van der Waals surface area contributed by atoms with Crippen molar-refractivity contribution in [3.63, 3.8) is 0 Å². The topological polar surface area (TPSA) is 25.2 Å². The van der Waals surface area contributed by atoms with Crippen LogP contribution >= 0.6 is 0 Å². The van der Waals surface area contributed by atoms with E-state index in [9.17, 15) is 0 Å². The lowest BCUT2D eigenvalue weighted by Crippen LogP contribution is -2.21. The van der Waals surface area contributed by atoms with Gasteiger partial charge >= 0.3 is 0 Å². The second kappa shape index (κ2) is 4.19. The summed E-state index contributed by atoms with van der Waals surface area (Å²) in [4.78, 5) is 0. The predicted octanol–water partition coefficient (Wildman–Crippen LogP) is 3.80. The number of hydrogen-bond acceptors (Lipinski definition) is 2. The Morgan fingerprint density at radius 1 is 1.35 bits per heavy atom. The van der Waals surface area contributed by atoms with Gasteiger partial charge in [0.1, 0.15) is 11.3 Å². The molecule has 1 aromatic heterocycles. The summed E-state index contributed by atoms with van der Waals surface area (Å²) >= 11 is 0. The lowest BCUT2D eigenvalue weighted by Gasteiger charge is -2.13. The molecule has 0 aliphatic heterocycles. The summed E-state index contributed by atoms with van der Waals surface area (Å²) in [5.74, 6) is 1.88. The van der Waals surface area contributed by atoms with Crippen LogP contribution in [-0.2, 0) is 0 Å². The van der Waals surface area contributed by atoms with Crippen LogP contribution in [0.5, 0.6) is 0 Å². The molecular weight excluding hydrogens is 210 g/mol. The molecule has 1 saturated carbocycles. The van der Waals surface area contributed by atoms with Crippen LogP contribution in [0.2, 0.25) is 0 Å². The van der Waals surface area contributed by atoms with Crippen LogP contribution < -0.4 is 5.32 Å². The fourth-order valence-corrected chi connectivity index (χ4v) is 2.49. The molecule has 0 spiro atoms. The molecule has 2 aromatic rings. The van der Waals surface area contributed by atoms with Crippen LogP contribution in [0.4, 0.5) is 0 Å². The van der Waals surface area contributed by atoms with Gasteiger partial charge in [-0.3, -0.25) is 0 Å². The standard InChI is InChI=1S/C15H19NO/c1-3-16-15(11-5-6-11)14-9-12-8-10(2)4-7-13(12)17-14/h4,7-9,11,15-16H,3,5-6H2,1-2H3. The van der Waals surface area contributed by atoms with E-state index in [2.05, 4.69) is 43.4 Å². The van der Waals surface area contributed by atoms with Gasteiger partial charge in [0.05, 0.1) is 6.04 Å². The Hall–Kier alpha value is -1.28. The Morgan fingerprint density at radius 3 is 2.88 bits per heavy atom. The van der Waals surface area contributed by atoms with Gasteiger partial charge in [-0.05, 0) is 50.4 Å². The zero-order valence-electron chi connectivity index (χ0n) is 10.5. The molecule has 1 aliphatic carbocycles. The van der Waals surface area contributed by atoms with E-state index >= 15 is 0 Å². The predicted molar refractivity (Wildman–Crippen MR) is 70.1 cm³/mol. The molecule has 0 bridgehead atoms. The third-order valence-corrected chi connectivity index (χ3v) is 3.51. The minimum Gasteiger partial charge on any atom is -0.459 e. The van der Waals surface area contributed by atoms with Crippen molar-refractivity contribution in [1.29, 1.82) is 0 Å². The van der Waals surface area contributed by atoms with Gasteiger partial charge in [0, 0.05) is 5.39 Å². The van der Waals surface area contributed by atoms with Crippen molar-refractivity contribution in [1.82, 2.24) is 5.32 Å². The summed E-state index contributed by atoms with van der Waals surface area (Å²) in [6.07, 6.45) is 2.65. The zero-order valence-corrected chi connectivity index (χ0v) is 10.5. The fourth-order valence-electron chi connectivity index (χ4n) is 2.49. The molecule has 1 aliphatic rings. The highest BCUT2D eigenvalue weighted by atomic mass is 16.3. The van der Waals surface area contributed by atoms with E-state index in [0.29, 0.717) is 6.04 Å². The van der Waals surface area contributed by atoms with E-state index in [1.807, 2.05) is 0 Å². The number of aryl methyl sites for hydroxylation is 1. The molecule has 3 rings (SSSR count). The summed E-state index contributed by atoms with van der Waals surface area (Å²) in [5, 5.41) is 4.77. The number of hydrogen-bond donors (Lipinski definition) is 1. The Labute approximate surface area is 102 Å². The third kappa shape index (κ3) is 2.09. The molecule has 0 amide bonds. The van der Waals surface area contributed by atoms with E-state index in [1.165, 1.54) is 23.8 Å². The molecule has 0 radical (unpaired) electrons. The Morgan fingerprint density at radius 2 is 2.18 bits per heavy atom. The smallest absolute Gasteiger partial charge is 0.134 e. The van der Waals surface area contributed by atoms with E-state index in [1.54, 1.807) is 0 Å². The lowest BCUT2D eigenvalue weighted by atomic mass is 10.1. The summed E-state index contributed by atoms with van der Waals surface area (Å²) in [6.45, 7) is 5.27. The van der Waals surface area contributed by atoms with Gasteiger partial charge in [-0.2, -0.15) is 0 Å². The zero-order chi connectivity index (χ0) is 11.8. The largest absolute Gasteiger partial charge is 0.459 e. The van der Waals surface area contributed by atoms with Crippen LogP contribution in [0.3, 0.4) is 0 Å². The first kappa shape index (κ1) is 10.8. The summed E-state index contributed by atoms with van der Waals surface area (Å²) < 4.78 is 5.98. The molecule has 2 heteroatoms. The second-order valence-corrected chi connectivity index (χ2v) is 5.06. The highest BCUT2D eigenvalue weighted by molar-refractivity contribution is 5.78. The van der Waals surface area contributed by atoms with Gasteiger partial charge in [0.25, 0.3) is 0 Å². The van der Waals surface area contributed by atoms with Crippen LogP contribution in [0.15, 0.2) is 28.7 Å². The van der Waals surface area contributed by atoms with Crippen molar-refractivity contribution in [3.05, 3.63) is 35.6 Å². The number of furan rings is 1. The maximum atomic E-state index is 5.98. The quantitative estimate of drug-likeness (QED) is 0.862. The molecule has 1 aromatic carbocycles. The molecule has 1 unspecified atom stereocenters. The third-order valence-electron chi connectivity index (χ3n) is 3.51. The van der Waals surface area contributed by atoms with E-state index in [4.69, 9.17) is 4.42 Å². The van der Waals surface area contributed by atoms with E-state index < -0.39 is 0 Å². The SMILES string of the molecule is CCNC(c1cc2cc(C)ccc2o1)C1CC1. The highest BCUT2D eigenvalue weighted by Gasteiger charge is 2.33. The molecule has 2 nitrogen and oxygen atoms in total. The minimum absolute atomic E-state index is 0.410. The number of fused-ring (bicyclic) bond motifs is 1. The fraction of sp³-hybridized carbons (Fsp3) is 0.467. The first-order valence-electron chi connectivity index (χ1n) is 6.51. The number of rotatable bonds is 4. The maximum Gasteiger partial charge on any atom is 0.134 e. The molecule has 1 atom stereocenters. The average molecular weight is 229 g/mol. The van der Waals surface area contributed by atoms with E-state index in [-0.39, 0.29) is 0 Å². The van der Waals surface area contributed by atoms with Gasteiger partial charge in [-0.25, -0.2) is 0 Å². The van der Waals surface area contributed by atoms with E-state index in [0.717, 1.165) is 23.8 Å². The maximum absolute atomic E-state index is 5.98. The Kier molecular flexibility index (Phi) is 2.67.